The first-order valence-corrected chi connectivity index (χ1v) is 8.13. The summed E-state index contributed by atoms with van der Waals surface area (Å²) in [6.45, 7) is 5.57. The number of hydrogen-bond donors (Lipinski definition) is 2. The molecule has 0 amide bonds. The van der Waals surface area contributed by atoms with E-state index in [0.717, 1.165) is 18.7 Å². The zero-order valence-corrected chi connectivity index (χ0v) is 15.3. The molecule has 1 saturated heterocycles. The maximum absolute atomic E-state index is 9.86. The Morgan fingerprint density at radius 2 is 1.78 bits per heavy atom. The molecule has 1 heterocycles. The van der Waals surface area contributed by atoms with Gasteiger partial charge in [-0.3, -0.25) is 0 Å². The van der Waals surface area contributed by atoms with Crippen LogP contribution in [-0.2, 0) is 0 Å². The van der Waals surface area contributed by atoms with Gasteiger partial charge in [0, 0.05) is 6.54 Å². The van der Waals surface area contributed by atoms with Crippen LogP contribution < -0.4 is 10.1 Å². The molecule has 134 valence electrons. The Bertz CT molecular complexity index is 376. The number of piperidine rings is 1. The van der Waals surface area contributed by atoms with E-state index >= 15 is 0 Å². The maximum atomic E-state index is 9.86. The lowest BCUT2D eigenvalue weighted by molar-refractivity contribution is 0.106. The van der Waals surface area contributed by atoms with Crippen LogP contribution in [0.2, 0.25) is 0 Å². The summed E-state index contributed by atoms with van der Waals surface area (Å²) < 4.78 is 5.52. The van der Waals surface area contributed by atoms with Crippen LogP contribution in [0.25, 0.3) is 0 Å². The van der Waals surface area contributed by atoms with Gasteiger partial charge in [-0.2, -0.15) is 0 Å². The van der Waals surface area contributed by atoms with Gasteiger partial charge in [0.15, 0.2) is 0 Å². The average Bonchev–Trinajstić information content (AvgIpc) is 2.54. The second kappa shape index (κ2) is 13.9. The van der Waals surface area contributed by atoms with Crippen LogP contribution in [0, 0.1) is 0 Å². The number of para-hydroxylation sites is 1. The molecule has 1 fully saturated rings. The summed E-state index contributed by atoms with van der Waals surface area (Å²) in [4.78, 5) is 2.54. The van der Waals surface area contributed by atoms with Gasteiger partial charge in [0.2, 0.25) is 0 Å². The molecule has 6 heteroatoms. The van der Waals surface area contributed by atoms with E-state index in [2.05, 4.69) is 10.2 Å². The fraction of sp³-hybridized carbons (Fsp3) is 0.647. The molecule has 0 spiro atoms. The fourth-order valence-corrected chi connectivity index (χ4v) is 2.65. The highest BCUT2D eigenvalue weighted by Gasteiger charge is 2.09. The van der Waals surface area contributed by atoms with Crippen molar-refractivity contribution in [2.75, 3.05) is 39.3 Å². The minimum absolute atomic E-state index is 0. The van der Waals surface area contributed by atoms with Crippen LogP contribution in [-0.4, -0.2) is 55.4 Å². The molecule has 23 heavy (non-hydrogen) atoms. The molecular weight excluding hydrogens is 335 g/mol. The quantitative estimate of drug-likeness (QED) is 0.661. The van der Waals surface area contributed by atoms with Crippen molar-refractivity contribution in [1.29, 1.82) is 0 Å². The summed E-state index contributed by atoms with van der Waals surface area (Å²) in [6, 6.07) is 9.62. The number of likely N-dealkylation sites (tertiary alicyclic amines) is 1. The number of aliphatic hydroxyl groups is 1. The zero-order valence-electron chi connectivity index (χ0n) is 13.7. The van der Waals surface area contributed by atoms with Gasteiger partial charge in [-0.05, 0) is 57.6 Å². The number of nitrogens with one attached hydrogen (secondary N) is 1. The van der Waals surface area contributed by atoms with Crippen LogP contribution in [0.4, 0.5) is 0 Å². The van der Waals surface area contributed by atoms with Gasteiger partial charge in [-0.25, -0.2) is 0 Å². The number of hydrogen-bond acceptors (Lipinski definition) is 4. The van der Waals surface area contributed by atoms with Crippen LogP contribution in [0.15, 0.2) is 30.3 Å². The highest BCUT2D eigenvalue weighted by atomic mass is 35.5. The molecule has 1 atom stereocenters. The second-order valence-corrected chi connectivity index (χ2v) is 5.74. The first-order valence-electron chi connectivity index (χ1n) is 8.13. The first-order chi connectivity index (χ1) is 10.3. The molecule has 1 aliphatic heterocycles. The van der Waals surface area contributed by atoms with E-state index in [9.17, 15) is 5.11 Å². The van der Waals surface area contributed by atoms with Crippen LogP contribution in [0.5, 0.6) is 5.75 Å². The number of benzene rings is 1. The summed E-state index contributed by atoms with van der Waals surface area (Å²) in [7, 11) is 0. The third-order valence-electron chi connectivity index (χ3n) is 3.84. The number of ether oxygens (including phenoxy) is 1. The summed E-state index contributed by atoms with van der Waals surface area (Å²) in [5, 5.41) is 13.2. The minimum Gasteiger partial charge on any atom is -0.491 e. The number of nitrogens with zero attached hydrogens (tertiary/aromatic N) is 1. The Labute approximate surface area is 152 Å². The van der Waals surface area contributed by atoms with Gasteiger partial charge < -0.3 is 20.1 Å². The molecule has 2 N–H and O–H groups in total. The molecule has 0 aromatic heterocycles. The van der Waals surface area contributed by atoms with E-state index < -0.39 is 6.10 Å². The summed E-state index contributed by atoms with van der Waals surface area (Å²) in [6.07, 6.45) is 4.78. The molecule has 1 aromatic rings. The molecule has 1 aromatic carbocycles. The third kappa shape index (κ3) is 10.0. The van der Waals surface area contributed by atoms with Crippen molar-refractivity contribution in [2.24, 2.45) is 0 Å². The average molecular weight is 365 g/mol. The Morgan fingerprint density at radius 3 is 2.48 bits per heavy atom. The highest BCUT2D eigenvalue weighted by Crippen LogP contribution is 2.09. The lowest BCUT2D eigenvalue weighted by atomic mass is 10.1. The third-order valence-corrected chi connectivity index (χ3v) is 3.84. The molecule has 0 bridgehead atoms. The normalized spacial score (nSPS) is 16.0. The van der Waals surface area contributed by atoms with Crippen molar-refractivity contribution >= 4 is 24.8 Å². The molecule has 1 unspecified atom stereocenters. The zero-order chi connectivity index (χ0) is 14.8. The lowest BCUT2D eigenvalue weighted by Gasteiger charge is -2.26. The van der Waals surface area contributed by atoms with Gasteiger partial charge in [0.1, 0.15) is 18.5 Å². The van der Waals surface area contributed by atoms with Crippen molar-refractivity contribution in [1.82, 2.24) is 10.2 Å². The Balaban J connectivity index is 0.00000242. The monoisotopic (exact) mass is 364 g/mol. The van der Waals surface area contributed by atoms with Gasteiger partial charge in [-0.15, -0.1) is 24.8 Å². The van der Waals surface area contributed by atoms with E-state index in [-0.39, 0.29) is 24.8 Å². The van der Waals surface area contributed by atoms with Gasteiger partial charge in [-0.1, -0.05) is 24.6 Å². The van der Waals surface area contributed by atoms with Gasteiger partial charge in [0.05, 0.1) is 0 Å². The predicted octanol–water partition coefficient (Wildman–Crippen LogP) is 2.74. The largest absolute Gasteiger partial charge is 0.491 e. The second-order valence-electron chi connectivity index (χ2n) is 5.74. The molecule has 2 rings (SSSR count). The lowest BCUT2D eigenvalue weighted by Crippen LogP contribution is -2.35. The van der Waals surface area contributed by atoms with Crippen molar-refractivity contribution < 1.29 is 9.84 Å². The van der Waals surface area contributed by atoms with E-state index in [0.29, 0.717) is 13.2 Å². The number of halogens is 2. The molecule has 4 nitrogen and oxygen atoms in total. The smallest absolute Gasteiger partial charge is 0.119 e. The van der Waals surface area contributed by atoms with Gasteiger partial charge >= 0.3 is 0 Å². The molecule has 0 radical (unpaired) electrons. The number of aliphatic hydroxyl groups excluding tert-OH is 1. The van der Waals surface area contributed by atoms with Crippen molar-refractivity contribution in [2.45, 2.75) is 31.8 Å². The Hall–Kier alpha value is -0.520. The predicted molar refractivity (Wildman–Crippen MR) is 100 cm³/mol. The van der Waals surface area contributed by atoms with E-state index in [1.54, 1.807) is 0 Å². The minimum atomic E-state index is -0.458. The van der Waals surface area contributed by atoms with E-state index in [1.807, 2.05) is 30.3 Å². The van der Waals surface area contributed by atoms with E-state index in [4.69, 9.17) is 4.74 Å². The first kappa shape index (κ1) is 22.5. The van der Waals surface area contributed by atoms with Crippen molar-refractivity contribution in [3.8, 4) is 5.75 Å². The SMILES string of the molecule is Cl.Cl.OC(CNCCCN1CCCCC1)COc1ccccc1. The molecule has 0 aliphatic carbocycles. The summed E-state index contributed by atoms with van der Waals surface area (Å²) in [5.74, 6) is 0.807. The summed E-state index contributed by atoms with van der Waals surface area (Å²) >= 11 is 0. The standard InChI is InChI=1S/C17H28N2O2.2ClH/c20-16(15-21-17-8-3-1-4-9-17)14-18-10-7-13-19-11-5-2-6-12-19;;/h1,3-4,8-9,16,18,20H,2,5-7,10-15H2;2*1H. The summed E-state index contributed by atoms with van der Waals surface area (Å²) in [5.41, 5.74) is 0. The van der Waals surface area contributed by atoms with Crippen LogP contribution >= 0.6 is 24.8 Å². The Kier molecular flexibility index (Phi) is 13.6. The highest BCUT2D eigenvalue weighted by molar-refractivity contribution is 5.85. The van der Waals surface area contributed by atoms with Crippen molar-refractivity contribution in [3.05, 3.63) is 30.3 Å². The van der Waals surface area contributed by atoms with Crippen LogP contribution in [0.3, 0.4) is 0 Å². The molecule has 0 saturated carbocycles. The van der Waals surface area contributed by atoms with E-state index in [1.165, 1.54) is 38.9 Å². The van der Waals surface area contributed by atoms with Crippen molar-refractivity contribution in [3.63, 3.8) is 0 Å². The molecular formula is C17H30Cl2N2O2. The van der Waals surface area contributed by atoms with Gasteiger partial charge in [0.25, 0.3) is 0 Å². The number of rotatable bonds is 9. The molecule has 1 aliphatic rings. The Morgan fingerprint density at radius 1 is 1.09 bits per heavy atom. The maximum Gasteiger partial charge on any atom is 0.119 e. The topological polar surface area (TPSA) is 44.7 Å². The fourth-order valence-electron chi connectivity index (χ4n) is 2.65. The van der Waals surface area contributed by atoms with Crippen LogP contribution in [0.1, 0.15) is 25.7 Å².